The number of hydrogen-bond acceptors (Lipinski definition) is 7. The van der Waals surface area contributed by atoms with Gasteiger partial charge in [0.1, 0.15) is 4.90 Å². The molecule has 0 fully saturated rings. The fraction of sp³-hybridized carbons (Fsp3) is 0.0870. The lowest BCUT2D eigenvalue weighted by Gasteiger charge is -2.14. The summed E-state index contributed by atoms with van der Waals surface area (Å²) in [5.41, 5.74) is 1.03. The molecular formula is C23H17ClN2O6S. The van der Waals surface area contributed by atoms with Crippen molar-refractivity contribution in [3.63, 3.8) is 0 Å². The summed E-state index contributed by atoms with van der Waals surface area (Å²) in [7, 11) is -4.16. The first-order valence-corrected chi connectivity index (χ1v) is 11.4. The molecule has 0 spiro atoms. The number of halogens is 1. The Morgan fingerprint density at radius 2 is 1.82 bits per heavy atom. The van der Waals surface area contributed by atoms with E-state index in [2.05, 4.69) is 0 Å². The second-order valence-corrected chi connectivity index (χ2v) is 8.54. The number of nitriles is 1. The Kier molecular flexibility index (Phi) is 7.33. The van der Waals surface area contributed by atoms with Crippen LogP contribution in [0, 0.1) is 21.4 Å². The highest BCUT2D eigenvalue weighted by molar-refractivity contribution is 7.87. The van der Waals surface area contributed by atoms with Crippen LogP contribution in [0.2, 0.25) is 5.02 Å². The molecular weight excluding hydrogens is 468 g/mol. The van der Waals surface area contributed by atoms with E-state index in [4.69, 9.17) is 20.5 Å². The van der Waals surface area contributed by atoms with Crippen LogP contribution in [0.5, 0.6) is 11.5 Å². The summed E-state index contributed by atoms with van der Waals surface area (Å²) in [6, 6.07) is 18.1. The van der Waals surface area contributed by atoms with E-state index in [1.165, 1.54) is 54.6 Å². The molecule has 0 saturated heterocycles. The quantitative estimate of drug-likeness (QED) is 0.136. The largest absolute Gasteiger partial charge is 0.490 e. The van der Waals surface area contributed by atoms with Gasteiger partial charge in [0.25, 0.3) is 5.69 Å². The van der Waals surface area contributed by atoms with Crippen molar-refractivity contribution < 1.29 is 22.3 Å². The van der Waals surface area contributed by atoms with Crippen LogP contribution in [0.3, 0.4) is 0 Å². The molecule has 0 aliphatic carbocycles. The Morgan fingerprint density at radius 1 is 1.15 bits per heavy atom. The molecule has 3 rings (SSSR count). The highest BCUT2D eigenvalue weighted by Gasteiger charge is 2.22. The normalized spacial score (nSPS) is 11.5. The third kappa shape index (κ3) is 5.68. The fourth-order valence-corrected chi connectivity index (χ4v) is 4.15. The van der Waals surface area contributed by atoms with Gasteiger partial charge < -0.3 is 8.92 Å². The SMILES string of the molecule is CCOc1cc(/C=C(\C#N)c2ccc([N+](=O)[O-])cc2)cc(Cl)c1OS(=O)(=O)c1ccccc1. The minimum absolute atomic E-state index is 0.0345. The molecule has 168 valence electrons. The summed E-state index contributed by atoms with van der Waals surface area (Å²) in [4.78, 5) is 10.3. The van der Waals surface area contributed by atoms with Crippen molar-refractivity contribution in [1.29, 1.82) is 5.26 Å². The maximum absolute atomic E-state index is 12.6. The molecule has 0 aromatic heterocycles. The zero-order valence-electron chi connectivity index (χ0n) is 17.3. The van der Waals surface area contributed by atoms with Gasteiger partial charge in [-0.1, -0.05) is 29.8 Å². The molecule has 0 unspecified atom stereocenters. The van der Waals surface area contributed by atoms with Crippen molar-refractivity contribution in [2.45, 2.75) is 11.8 Å². The average molecular weight is 485 g/mol. The fourth-order valence-electron chi connectivity index (χ4n) is 2.87. The van der Waals surface area contributed by atoms with Crippen molar-refractivity contribution in [3.05, 3.63) is 93.0 Å². The third-order valence-electron chi connectivity index (χ3n) is 4.38. The lowest BCUT2D eigenvalue weighted by Crippen LogP contribution is -2.11. The standard InChI is InChI=1S/C23H17ClN2O6S/c1-2-31-22-14-16(12-18(15-25)17-8-10-19(11-9-17)26(27)28)13-21(24)23(22)32-33(29,30)20-6-4-3-5-7-20/h3-14H,2H2,1H3/b18-12+. The molecule has 0 radical (unpaired) electrons. The van der Waals surface area contributed by atoms with Crippen LogP contribution in [0.25, 0.3) is 11.6 Å². The van der Waals surface area contributed by atoms with Gasteiger partial charge in [-0.3, -0.25) is 10.1 Å². The number of hydrogen-bond donors (Lipinski definition) is 0. The van der Waals surface area contributed by atoms with E-state index in [1.807, 2.05) is 6.07 Å². The maximum Gasteiger partial charge on any atom is 0.339 e. The number of nitrogens with zero attached hydrogens (tertiary/aromatic N) is 2. The molecule has 10 heteroatoms. The first-order chi connectivity index (χ1) is 15.7. The predicted octanol–water partition coefficient (Wildman–Crippen LogP) is 5.48. The van der Waals surface area contributed by atoms with Crippen LogP contribution in [0.15, 0.2) is 71.6 Å². The molecule has 8 nitrogen and oxygen atoms in total. The Morgan fingerprint density at radius 3 is 2.39 bits per heavy atom. The highest BCUT2D eigenvalue weighted by atomic mass is 35.5. The van der Waals surface area contributed by atoms with Crippen LogP contribution in [0.1, 0.15) is 18.1 Å². The van der Waals surface area contributed by atoms with Crippen molar-refractivity contribution in [2.75, 3.05) is 6.61 Å². The van der Waals surface area contributed by atoms with Gasteiger partial charge in [0.05, 0.1) is 28.2 Å². The van der Waals surface area contributed by atoms with E-state index in [0.29, 0.717) is 11.1 Å². The minimum atomic E-state index is -4.16. The molecule has 0 saturated carbocycles. The monoisotopic (exact) mass is 484 g/mol. The molecule has 0 atom stereocenters. The van der Waals surface area contributed by atoms with Gasteiger partial charge >= 0.3 is 10.1 Å². The van der Waals surface area contributed by atoms with Gasteiger partial charge in [-0.2, -0.15) is 13.7 Å². The third-order valence-corrected chi connectivity index (χ3v) is 5.89. The topological polar surface area (TPSA) is 120 Å². The number of nitro benzene ring substituents is 1. The number of nitro groups is 1. The van der Waals surface area contributed by atoms with Crippen LogP contribution in [0.4, 0.5) is 5.69 Å². The number of ether oxygens (including phenoxy) is 1. The van der Waals surface area contributed by atoms with Crippen molar-refractivity contribution in [3.8, 4) is 17.6 Å². The minimum Gasteiger partial charge on any atom is -0.490 e. The van der Waals surface area contributed by atoms with Gasteiger partial charge in [0.15, 0.2) is 5.75 Å². The number of benzene rings is 3. The van der Waals surface area contributed by atoms with Crippen molar-refractivity contribution in [1.82, 2.24) is 0 Å². The highest BCUT2D eigenvalue weighted by Crippen LogP contribution is 2.39. The first-order valence-electron chi connectivity index (χ1n) is 9.57. The van der Waals surface area contributed by atoms with E-state index >= 15 is 0 Å². The average Bonchev–Trinajstić information content (AvgIpc) is 2.80. The van der Waals surface area contributed by atoms with Gasteiger partial charge in [-0.15, -0.1) is 0 Å². The molecule has 0 heterocycles. The number of rotatable bonds is 8. The summed E-state index contributed by atoms with van der Waals surface area (Å²) in [6.07, 6.45) is 1.51. The predicted molar refractivity (Wildman–Crippen MR) is 123 cm³/mol. The van der Waals surface area contributed by atoms with Gasteiger partial charge in [-0.05, 0) is 60.5 Å². The lowest BCUT2D eigenvalue weighted by molar-refractivity contribution is -0.384. The molecule has 0 bridgehead atoms. The zero-order valence-corrected chi connectivity index (χ0v) is 18.8. The first kappa shape index (κ1) is 23.8. The van der Waals surface area contributed by atoms with Crippen LogP contribution >= 0.6 is 11.6 Å². The van der Waals surface area contributed by atoms with Crippen molar-refractivity contribution in [2.24, 2.45) is 0 Å². The van der Waals surface area contributed by atoms with E-state index in [-0.39, 0.29) is 39.3 Å². The Bertz CT molecular complexity index is 1350. The summed E-state index contributed by atoms with van der Waals surface area (Å²) < 4.78 is 36.1. The second kappa shape index (κ2) is 10.2. The van der Waals surface area contributed by atoms with Gasteiger partial charge in [-0.25, -0.2) is 0 Å². The molecule has 3 aromatic rings. The van der Waals surface area contributed by atoms with E-state index < -0.39 is 15.0 Å². The Balaban J connectivity index is 2.01. The second-order valence-electron chi connectivity index (χ2n) is 6.59. The Hall–Kier alpha value is -3.87. The van der Waals surface area contributed by atoms with Crippen molar-refractivity contribution >= 4 is 39.1 Å². The molecule has 3 aromatic carbocycles. The summed E-state index contributed by atoms with van der Waals surface area (Å²) >= 11 is 6.34. The number of allylic oxidation sites excluding steroid dienone is 1. The summed E-state index contributed by atoms with van der Waals surface area (Å²) in [5, 5.41) is 20.4. The maximum atomic E-state index is 12.6. The summed E-state index contributed by atoms with van der Waals surface area (Å²) in [5.74, 6) is -0.0925. The lowest BCUT2D eigenvalue weighted by atomic mass is 10.0. The van der Waals surface area contributed by atoms with Crippen LogP contribution in [-0.4, -0.2) is 19.9 Å². The molecule has 0 N–H and O–H groups in total. The van der Waals surface area contributed by atoms with Crippen LogP contribution in [-0.2, 0) is 10.1 Å². The molecule has 0 aliphatic heterocycles. The van der Waals surface area contributed by atoms with E-state index in [1.54, 1.807) is 25.1 Å². The zero-order chi connectivity index (χ0) is 24.0. The van der Waals surface area contributed by atoms with Crippen LogP contribution < -0.4 is 8.92 Å². The number of non-ortho nitro benzene ring substituents is 1. The Labute approximate surface area is 195 Å². The smallest absolute Gasteiger partial charge is 0.339 e. The molecule has 33 heavy (non-hydrogen) atoms. The summed E-state index contributed by atoms with van der Waals surface area (Å²) in [6.45, 7) is 1.92. The van der Waals surface area contributed by atoms with E-state index in [0.717, 1.165) is 0 Å². The van der Waals surface area contributed by atoms with Gasteiger partial charge in [0.2, 0.25) is 5.75 Å². The van der Waals surface area contributed by atoms with E-state index in [9.17, 15) is 23.8 Å². The molecule has 0 aliphatic rings. The van der Waals surface area contributed by atoms with Gasteiger partial charge in [0, 0.05) is 12.1 Å². The molecule has 0 amide bonds.